The molecule has 2 N–H and O–H groups in total. The van der Waals surface area contributed by atoms with Crippen molar-refractivity contribution < 1.29 is 23.9 Å². The zero-order valence-corrected chi connectivity index (χ0v) is 15.9. The lowest BCUT2D eigenvalue weighted by Crippen LogP contribution is -2.47. The molecule has 1 atom stereocenters. The Kier molecular flexibility index (Phi) is 5.65. The number of methoxy groups -OCH3 is 2. The molecule has 2 aromatic rings. The molecule has 2 aromatic carbocycles. The van der Waals surface area contributed by atoms with Crippen molar-refractivity contribution in [1.82, 2.24) is 10.6 Å². The van der Waals surface area contributed by atoms with Crippen LogP contribution in [0.3, 0.4) is 0 Å². The number of halogens is 1. The largest absolute Gasteiger partial charge is 0.497 e. The molecule has 0 saturated carbocycles. The summed E-state index contributed by atoms with van der Waals surface area (Å²) in [7, 11) is 2.68. The molecule has 7 nitrogen and oxygen atoms in total. The maximum atomic E-state index is 13.3. The topological polar surface area (TPSA) is 93.7 Å². The summed E-state index contributed by atoms with van der Waals surface area (Å²) in [5.74, 6) is -0.722. The molecule has 8 heteroatoms. The molecule has 1 heterocycles. The standard InChI is InChI=1S/C20H17ClN2O5/c1-27-14-5-3-4-12(10-14)16-15(17(19(25)28-2)23-20(26)22-16)18(24)11-6-8-13(21)9-7-11/h3-10,16H,1-2H3,(H2,22,23,26). The fourth-order valence-electron chi connectivity index (χ4n) is 2.90. The fourth-order valence-corrected chi connectivity index (χ4v) is 3.03. The van der Waals surface area contributed by atoms with Gasteiger partial charge in [0.05, 0.1) is 25.8 Å². The van der Waals surface area contributed by atoms with Crippen LogP contribution in [0.4, 0.5) is 4.79 Å². The van der Waals surface area contributed by atoms with Crippen LogP contribution >= 0.6 is 11.6 Å². The zero-order chi connectivity index (χ0) is 20.3. The number of nitrogens with one attached hydrogen (secondary N) is 2. The molecule has 0 spiro atoms. The highest BCUT2D eigenvalue weighted by Crippen LogP contribution is 2.31. The van der Waals surface area contributed by atoms with Crippen molar-refractivity contribution in [2.45, 2.75) is 6.04 Å². The molecule has 0 fully saturated rings. The molecule has 0 saturated heterocycles. The smallest absolute Gasteiger partial charge is 0.355 e. The third-order valence-electron chi connectivity index (χ3n) is 4.24. The van der Waals surface area contributed by atoms with Crippen molar-refractivity contribution in [2.24, 2.45) is 0 Å². The van der Waals surface area contributed by atoms with E-state index in [0.717, 1.165) is 0 Å². The Bertz CT molecular complexity index is 969. The van der Waals surface area contributed by atoms with Crippen molar-refractivity contribution in [3.8, 4) is 5.75 Å². The minimum atomic E-state index is -0.874. The van der Waals surface area contributed by atoms with Crippen LogP contribution in [0.25, 0.3) is 0 Å². The molecular formula is C20H17ClN2O5. The number of ether oxygens (including phenoxy) is 2. The van der Waals surface area contributed by atoms with E-state index in [1.807, 2.05) is 0 Å². The Balaban J connectivity index is 2.17. The summed E-state index contributed by atoms with van der Waals surface area (Å²) >= 11 is 5.90. The second kappa shape index (κ2) is 8.14. The van der Waals surface area contributed by atoms with E-state index in [0.29, 0.717) is 21.9 Å². The molecule has 1 unspecified atom stereocenters. The van der Waals surface area contributed by atoms with E-state index in [9.17, 15) is 14.4 Å². The molecule has 28 heavy (non-hydrogen) atoms. The van der Waals surface area contributed by atoms with Gasteiger partial charge >= 0.3 is 12.0 Å². The Hall–Kier alpha value is -3.32. The Morgan fingerprint density at radius 2 is 1.79 bits per heavy atom. The zero-order valence-electron chi connectivity index (χ0n) is 15.1. The average molecular weight is 401 g/mol. The number of rotatable bonds is 5. The van der Waals surface area contributed by atoms with Gasteiger partial charge in [-0.25, -0.2) is 9.59 Å². The van der Waals surface area contributed by atoms with Gasteiger partial charge in [-0.05, 0) is 42.0 Å². The minimum absolute atomic E-state index is 0.0574. The van der Waals surface area contributed by atoms with Crippen LogP contribution in [-0.4, -0.2) is 32.0 Å². The average Bonchev–Trinajstić information content (AvgIpc) is 2.72. The monoisotopic (exact) mass is 400 g/mol. The molecule has 3 rings (SSSR count). The van der Waals surface area contributed by atoms with Crippen LogP contribution in [0.2, 0.25) is 5.02 Å². The predicted molar refractivity (Wildman–Crippen MR) is 102 cm³/mol. The summed E-state index contributed by atoms with van der Waals surface area (Å²) < 4.78 is 9.99. The first-order valence-corrected chi connectivity index (χ1v) is 8.66. The molecule has 1 aliphatic heterocycles. The number of carbonyl (C=O) groups excluding carboxylic acids is 3. The summed E-state index contributed by atoms with van der Waals surface area (Å²) in [6.45, 7) is 0. The number of urea groups is 1. The third kappa shape index (κ3) is 3.84. The summed E-state index contributed by atoms with van der Waals surface area (Å²) in [6.07, 6.45) is 0. The molecule has 0 aliphatic carbocycles. The number of amides is 2. The van der Waals surface area contributed by atoms with E-state index >= 15 is 0 Å². The first-order chi connectivity index (χ1) is 13.4. The molecule has 0 bridgehead atoms. The normalized spacial score (nSPS) is 16.1. The van der Waals surface area contributed by atoms with Gasteiger partial charge < -0.3 is 20.1 Å². The summed E-state index contributed by atoms with van der Waals surface area (Å²) in [5.41, 5.74) is 0.737. The number of benzene rings is 2. The Morgan fingerprint density at radius 3 is 2.43 bits per heavy atom. The second-order valence-electron chi connectivity index (χ2n) is 5.92. The first kappa shape index (κ1) is 19.4. The fraction of sp³-hybridized carbons (Fsp3) is 0.150. The number of ketones is 1. The lowest BCUT2D eigenvalue weighted by molar-refractivity contribution is -0.136. The third-order valence-corrected chi connectivity index (χ3v) is 4.49. The van der Waals surface area contributed by atoms with E-state index in [2.05, 4.69) is 10.6 Å². The van der Waals surface area contributed by atoms with Crippen molar-refractivity contribution in [3.63, 3.8) is 0 Å². The van der Waals surface area contributed by atoms with Crippen LogP contribution in [0.15, 0.2) is 59.8 Å². The molecule has 144 valence electrons. The molecule has 0 radical (unpaired) electrons. The first-order valence-electron chi connectivity index (χ1n) is 8.28. The van der Waals surface area contributed by atoms with Gasteiger partial charge in [0.1, 0.15) is 11.4 Å². The second-order valence-corrected chi connectivity index (χ2v) is 6.36. The van der Waals surface area contributed by atoms with Crippen LogP contribution in [0.1, 0.15) is 22.0 Å². The quantitative estimate of drug-likeness (QED) is 0.594. The highest BCUT2D eigenvalue weighted by molar-refractivity contribution is 6.30. The summed E-state index contributed by atoms with van der Waals surface area (Å²) in [6, 6.07) is 11.6. The highest BCUT2D eigenvalue weighted by Gasteiger charge is 2.36. The summed E-state index contributed by atoms with van der Waals surface area (Å²) in [5, 5.41) is 5.54. The minimum Gasteiger partial charge on any atom is -0.497 e. The van der Waals surface area contributed by atoms with Crippen molar-refractivity contribution >= 4 is 29.4 Å². The van der Waals surface area contributed by atoms with Crippen LogP contribution in [-0.2, 0) is 9.53 Å². The molecule has 0 aromatic heterocycles. The lowest BCUT2D eigenvalue weighted by Gasteiger charge is -2.29. The SMILES string of the molecule is COC(=O)C1=C(C(=O)c2ccc(Cl)cc2)C(c2cccc(OC)c2)NC(=O)N1. The number of Topliss-reactive ketones (excluding diaryl/α,β-unsaturated/α-hetero) is 1. The van der Waals surface area contributed by atoms with Gasteiger partial charge in [-0.2, -0.15) is 0 Å². The van der Waals surface area contributed by atoms with E-state index < -0.39 is 23.8 Å². The van der Waals surface area contributed by atoms with E-state index in [4.69, 9.17) is 21.1 Å². The van der Waals surface area contributed by atoms with Crippen molar-refractivity contribution in [3.05, 3.63) is 76.0 Å². The number of esters is 1. The van der Waals surface area contributed by atoms with Gasteiger partial charge in [-0.1, -0.05) is 23.7 Å². The number of hydrogen-bond donors (Lipinski definition) is 2. The van der Waals surface area contributed by atoms with E-state index in [1.165, 1.54) is 14.2 Å². The molecule has 1 aliphatic rings. The molecule has 2 amide bonds. The van der Waals surface area contributed by atoms with E-state index in [1.54, 1.807) is 48.5 Å². The van der Waals surface area contributed by atoms with Gasteiger partial charge in [0, 0.05) is 10.6 Å². The highest BCUT2D eigenvalue weighted by atomic mass is 35.5. The van der Waals surface area contributed by atoms with Gasteiger partial charge in [0.15, 0.2) is 5.78 Å². The predicted octanol–water partition coefficient (Wildman–Crippen LogP) is 3.01. The number of hydrogen-bond acceptors (Lipinski definition) is 5. The lowest BCUT2D eigenvalue weighted by atomic mass is 9.89. The van der Waals surface area contributed by atoms with Gasteiger partial charge in [0.2, 0.25) is 0 Å². The van der Waals surface area contributed by atoms with Crippen LogP contribution < -0.4 is 15.4 Å². The Labute approximate surface area is 166 Å². The van der Waals surface area contributed by atoms with E-state index in [-0.39, 0.29) is 11.3 Å². The van der Waals surface area contributed by atoms with Crippen LogP contribution in [0.5, 0.6) is 5.75 Å². The van der Waals surface area contributed by atoms with Crippen LogP contribution in [0, 0.1) is 0 Å². The maximum Gasteiger partial charge on any atom is 0.355 e. The maximum absolute atomic E-state index is 13.3. The molecular weight excluding hydrogens is 384 g/mol. The summed E-state index contributed by atoms with van der Waals surface area (Å²) in [4.78, 5) is 37.7. The van der Waals surface area contributed by atoms with Gasteiger partial charge in [-0.3, -0.25) is 4.79 Å². The van der Waals surface area contributed by atoms with Gasteiger partial charge in [0.25, 0.3) is 0 Å². The number of carbonyl (C=O) groups is 3. The Morgan fingerprint density at radius 1 is 1.07 bits per heavy atom. The van der Waals surface area contributed by atoms with Gasteiger partial charge in [-0.15, -0.1) is 0 Å². The van der Waals surface area contributed by atoms with Crippen molar-refractivity contribution in [1.29, 1.82) is 0 Å². The van der Waals surface area contributed by atoms with Crippen molar-refractivity contribution in [2.75, 3.05) is 14.2 Å².